The van der Waals surface area contributed by atoms with Gasteiger partial charge in [-0.3, -0.25) is 14.5 Å². The van der Waals surface area contributed by atoms with Crippen LogP contribution in [0, 0.1) is 5.92 Å². The maximum absolute atomic E-state index is 13.0. The molecule has 0 unspecified atom stereocenters. The van der Waals surface area contributed by atoms with Crippen molar-refractivity contribution in [2.45, 2.75) is 78.5 Å². The van der Waals surface area contributed by atoms with Crippen LogP contribution in [0.15, 0.2) is 11.8 Å². The smallest absolute Gasteiger partial charge is 0.408 e. The lowest BCUT2D eigenvalue weighted by atomic mass is 10.0. The molecule has 0 fully saturated rings. The minimum absolute atomic E-state index is 0.267. The summed E-state index contributed by atoms with van der Waals surface area (Å²) in [6.45, 7) is 11.2. The van der Waals surface area contributed by atoms with Crippen molar-refractivity contribution >= 4 is 17.9 Å². The summed E-state index contributed by atoms with van der Waals surface area (Å²) in [5.74, 6) is -0.103. The van der Waals surface area contributed by atoms with Crippen LogP contribution < -0.4 is 5.32 Å². The fourth-order valence-electron chi connectivity index (χ4n) is 2.86. The molecule has 1 rings (SSSR count). The number of carbonyl (C=O) groups excluding carboxylic acids is 3. The zero-order valence-corrected chi connectivity index (χ0v) is 16.9. The number of nitrogens with one attached hydrogen (secondary N) is 1. The molecule has 0 aromatic carbocycles. The molecule has 0 saturated heterocycles. The molecule has 0 aromatic rings. The first-order valence-corrected chi connectivity index (χ1v) is 9.12. The predicted molar refractivity (Wildman–Crippen MR) is 98.3 cm³/mol. The largest absolute Gasteiger partial charge is 0.499 e. The molecule has 2 atom stereocenters. The maximum atomic E-state index is 13.0. The van der Waals surface area contributed by atoms with Gasteiger partial charge in [0.1, 0.15) is 17.4 Å². The highest BCUT2D eigenvalue weighted by molar-refractivity contribution is 6.06. The van der Waals surface area contributed by atoms with Gasteiger partial charge in [-0.25, -0.2) is 4.79 Å². The normalized spacial score (nSPS) is 18.6. The topological polar surface area (TPSA) is 84.9 Å². The van der Waals surface area contributed by atoms with Gasteiger partial charge in [-0.15, -0.1) is 0 Å². The van der Waals surface area contributed by atoms with Crippen LogP contribution in [0.2, 0.25) is 0 Å². The number of amides is 3. The van der Waals surface area contributed by atoms with Crippen molar-refractivity contribution in [2.75, 3.05) is 7.11 Å². The Bertz CT molecular complexity index is 563. The first-order chi connectivity index (χ1) is 12.0. The monoisotopic (exact) mass is 368 g/mol. The maximum Gasteiger partial charge on any atom is 0.408 e. The van der Waals surface area contributed by atoms with Crippen molar-refractivity contribution in [3.8, 4) is 0 Å². The summed E-state index contributed by atoms with van der Waals surface area (Å²) in [7, 11) is 1.49. The summed E-state index contributed by atoms with van der Waals surface area (Å²) in [6, 6.07) is -1.27. The molecular weight excluding hydrogens is 336 g/mol. The highest BCUT2D eigenvalue weighted by Crippen LogP contribution is 2.27. The molecular formula is C19H32N2O5. The van der Waals surface area contributed by atoms with Crippen LogP contribution in [-0.2, 0) is 19.1 Å². The summed E-state index contributed by atoms with van der Waals surface area (Å²) in [5.41, 5.74) is -0.668. The van der Waals surface area contributed by atoms with Crippen LogP contribution in [0.4, 0.5) is 4.79 Å². The first kappa shape index (κ1) is 22.0. The van der Waals surface area contributed by atoms with E-state index in [1.807, 2.05) is 20.8 Å². The number of ether oxygens (including phenoxy) is 2. The lowest BCUT2D eigenvalue weighted by Crippen LogP contribution is -2.53. The van der Waals surface area contributed by atoms with E-state index >= 15 is 0 Å². The van der Waals surface area contributed by atoms with Gasteiger partial charge in [0.25, 0.3) is 11.8 Å². The Balaban J connectivity index is 2.98. The molecule has 0 aliphatic carbocycles. The average molecular weight is 368 g/mol. The number of hydrogen-bond acceptors (Lipinski definition) is 5. The molecule has 0 saturated carbocycles. The van der Waals surface area contributed by atoms with Crippen molar-refractivity contribution in [1.29, 1.82) is 0 Å². The first-order valence-electron chi connectivity index (χ1n) is 9.12. The third-order valence-corrected chi connectivity index (χ3v) is 3.88. The van der Waals surface area contributed by atoms with Crippen molar-refractivity contribution in [3.63, 3.8) is 0 Å². The molecule has 1 N–H and O–H groups in total. The van der Waals surface area contributed by atoms with Gasteiger partial charge >= 0.3 is 6.09 Å². The molecule has 0 spiro atoms. The van der Waals surface area contributed by atoms with Crippen LogP contribution in [0.1, 0.15) is 60.8 Å². The summed E-state index contributed by atoms with van der Waals surface area (Å²) >= 11 is 0. The fourth-order valence-corrected chi connectivity index (χ4v) is 2.86. The van der Waals surface area contributed by atoms with Crippen LogP contribution >= 0.6 is 0 Å². The van der Waals surface area contributed by atoms with Gasteiger partial charge in [-0.05, 0) is 39.5 Å². The molecule has 26 heavy (non-hydrogen) atoms. The lowest BCUT2D eigenvalue weighted by Gasteiger charge is -2.30. The number of carbonyl (C=O) groups is 3. The Morgan fingerprint density at radius 2 is 1.92 bits per heavy atom. The van der Waals surface area contributed by atoms with Crippen LogP contribution in [0.25, 0.3) is 0 Å². The number of nitrogens with zero attached hydrogens (tertiary/aromatic N) is 1. The van der Waals surface area contributed by atoms with Crippen molar-refractivity contribution in [2.24, 2.45) is 5.92 Å². The standard InChI is InChI=1S/C19H32N2O5/c1-8-9-13(20-18(24)26-19(4,5)6)17(23)21-14(10-12(2)3)15(25-7)11-16(21)22/h11-14H,8-10H2,1-7H3,(H,20,24)/t13-,14+/m1/s1. The van der Waals surface area contributed by atoms with Gasteiger partial charge in [-0.1, -0.05) is 27.2 Å². The third kappa shape index (κ3) is 6.04. The highest BCUT2D eigenvalue weighted by atomic mass is 16.6. The molecule has 7 heteroatoms. The zero-order chi connectivity index (χ0) is 20.1. The molecule has 1 heterocycles. The minimum Gasteiger partial charge on any atom is -0.499 e. The second-order valence-electron chi connectivity index (χ2n) is 7.93. The van der Waals surface area contributed by atoms with E-state index in [2.05, 4.69) is 5.32 Å². The number of alkyl carbamates (subject to hydrolysis) is 1. The Labute approximate surface area is 156 Å². The van der Waals surface area contributed by atoms with E-state index in [0.29, 0.717) is 25.0 Å². The predicted octanol–water partition coefficient (Wildman–Crippen LogP) is 2.99. The van der Waals surface area contributed by atoms with Crippen LogP contribution in [-0.4, -0.2) is 47.6 Å². The Morgan fingerprint density at radius 3 is 2.38 bits per heavy atom. The molecule has 7 nitrogen and oxygen atoms in total. The molecule has 148 valence electrons. The van der Waals surface area contributed by atoms with Gasteiger partial charge < -0.3 is 14.8 Å². The van der Waals surface area contributed by atoms with E-state index in [4.69, 9.17) is 9.47 Å². The van der Waals surface area contributed by atoms with Gasteiger partial charge in [0.15, 0.2) is 0 Å². The van der Waals surface area contributed by atoms with Crippen molar-refractivity contribution < 1.29 is 23.9 Å². The SMILES string of the molecule is CCC[C@@H](NC(=O)OC(C)(C)C)C(=O)N1C(=O)C=C(OC)[C@@H]1CC(C)C. The number of rotatable bonds is 7. The van der Waals surface area contributed by atoms with Crippen molar-refractivity contribution in [3.05, 3.63) is 11.8 Å². The number of imide groups is 1. The van der Waals surface area contributed by atoms with Gasteiger partial charge in [0.2, 0.25) is 0 Å². The average Bonchev–Trinajstić information content (AvgIpc) is 2.79. The van der Waals surface area contributed by atoms with Crippen molar-refractivity contribution in [1.82, 2.24) is 10.2 Å². The summed E-state index contributed by atoms with van der Waals surface area (Å²) in [4.78, 5) is 38.8. The minimum atomic E-state index is -0.821. The quantitative estimate of drug-likeness (QED) is 0.747. The van der Waals surface area contributed by atoms with E-state index in [-0.39, 0.29) is 5.92 Å². The Hall–Kier alpha value is -2.05. The molecule has 1 aliphatic heterocycles. The number of methoxy groups -OCH3 is 1. The number of hydrogen-bond donors (Lipinski definition) is 1. The van der Waals surface area contributed by atoms with E-state index in [1.165, 1.54) is 18.1 Å². The van der Waals surface area contributed by atoms with E-state index in [9.17, 15) is 14.4 Å². The fraction of sp³-hybridized carbons (Fsp3) is 0.737. The molecule has 0 aromatic heterocycles. The Morgan fingerprint density at radius 1 is 1.31 bits per heavy atom. The van der Waals surface area contributed by atoms with Crippen LogP contribution in [0.3, 0.4) is 0 Å². The Kier molecular flexibility index (Phi) is 7.66. The molecule has 3 amide bonds. The summed E-state index contributed by atoms with van der Waals surface area (Å²) < 4.78 is 10.5. The highest BCUT2D eigenvalue weighted by Gasteiger charge is 2.41. The van der Waals surface area contributed by atoms with Gasteiger partial charge in [0.05, 0.1) is 13.2 Å². The van der Waals surface area contributed by atoms with E-state index in [0.717, 1.165) is 0 Å². The van der Waals surface area contributed by atoms with Crippen LogP contribution in [0.5, 0.6) is 0 Å². The summed E-state index contributed by atoms with van der Waals surface area (Å²) in [5, 5.41) is 2.61. The van der Waals surface area contributed by atoms with Gasteiger partial charge in [-0.2, -0.15) is 0 Å². The van der Waals surface area contributed by atoms with Gasteiger partial charge in [0, 0.05) is 6.08 Å². The second-order valence-corrected chi connectivity index (χ2v) is 7.93. The molecule has 0 radical (unpaired) electrons. The van der Waals surface area contributed by atoms with E-state index in [1.54, 1.807) is 20.8 Å². The zero-order valence-electron chi connectivity index (χ0n) is 16.9. The molecule has 0 bridgehead atoms. The van der Waals surface area contributed by atoms with E-state index < -0.39 is 35.6 Å². The lowest BCUT2D eigenvalue weighted by molar-refractivity contribution is -0.145. The second kappa shape index (κ2) is 9.05. The molecule has 1 aliphatic rings. The summed E-state index contributed by atoms with van der Waals surface area (Å²) in [6.07, 6.45) is 2.37. The third-order valence-electron chi connectivity index (χ3n) is 3.88.